The Kier molecular flexibility index (Phi) is 10.8. The molecule has 0 fully saturated rings. The molecule has 1 unspecified atom stereocenters. The molecule has 0 aliphatic carbocycles. The molecule has 0 radical (unpaired) electrons. The van der Waals surface area contributed by atoms with Crippen LogP contribution in [0.5, 0.6) is 11.5 Å². The van der Waals surface area contributed by atoms with Crippen molar-refractivity contribution in [3.8, 4) is 22.6 Å². The number of aliphatic carboxylic acids is 1. The molecular weight excluding hydrogens is 555 g/mol. The molecular formula is C28H27ClF3NO7. The third-order valence-corrected chi connectivity index (χ3v) is 6.06. The van der Waals surface area contributed by atoms with Crippen molar-refractivity contribution in [3.63, 3.8) is 0 Å². The molecule has 0 spiro atoms. The van der Waals surface area contributed by atoms with Gasteiger partial charge < -0.3 is 30.1 Å². The second-order valence-corrected chi connectivity index (χ2v) is 9.30. The van der Waals surface area contributed by atoms with Gasteiger partial charge in [0.25, 0.3) is 0 Å². The number of aromatic carboxylic acids is 1. The molecule has 214 valence electrons. The lowest BCUT2D eigenvalue weighted by Gasteiger charge is -2.27. The molecule has 40 heavy (non-hydrogen) atoms. The van der Waals surface area contributed by atoms with Crippen LogP contribution in [0.2, 0.25) is 5.02 Å². The second-order valence-electron chi connectivity index (χ2n) is 8.86. The summed E-state index contributed by atoms with van der Waals surface area (Å²) < 4.78 is 43.4. The van der Waals surface area contributed by atoms with E-state index < -0.39 is 24.2 Å². The van der Waals surface area contributed by atoms with Crippen LogP contribution in [0.1, 0.15) is 22.3 Å². The number of aryl methyl sites for hydroxylation is 1. The number of halogens is 4. The smallest absolute Gasteiger partial charge is 0.490 e. The maximum atomic E-state index is 11.0. The Morgan fingerprint density at radius 1 is 1.02 bits per heavy atom. The number of aliphatic hydroxyl groups excluding tert-OH is 1. The van der Waals surface area contributed by atoms with Crippen LogP contribution in [0.25, 0.3) is 11.1 Å². The molecule has 4 rings (SSSR count). The standard InChI is InChI=1S/C26H26ClNO5.C2HF3O2/c27-21-7-10-23(11-8-21)32-16-22(29)14-28-15-24-9-5-20-13-19(6-12-25(20)33-24)17-1-3-18(4-2-17)26(30)31;3-2(4,5)1(6)7/h1-4,6-8,10-13,22,24,28-29H,5,9,14-16H2,(H,30,31);(H,6,7)/t22?,24-;/m1./s1. The molecule has 1 aliphatic rings. The Morgan fingerprint density at radius 2 is 1.65 bits per heavy atom. The zero-order valence-corrected chi connectivity index (χ0v) is 21.8. The summed E-state index contributed by atoms with van der Waals surface area (Å²) in [5.74, 6) is -2.15. The first kappa shape index (κ1) is 30.7. The molecule has 1 heterocycles. The fourth-order valence-electron chi connectivity index (χ4n) is 3.77. The fraction of sp³-hybridized carbons (Fsp3) is 0.286. The summed E-state index contributed by atoms with van der Waals surface area (Å²) in [4.78, 5) is 19.9. The summed E-state index contributed by atoms with van der Waals surface area (Å²) in [7, 11) is 0. The first-order chi connectivity index (χ1) is 18.9. The summed E-state index contributed by atoms with van der Waals surface area (Å²) in [5, 5.41) is 30.2. The number of carboxylic acids is 2. The van der Waals surface area contributed by atoms with Crippen LogP contribution in [-0.4, -0.2) is 65.3 Å². The summed E-state index contributed by atoms with van der Waals surface area (Å²) >= 11 is 5.85. The largest absolute Gasteiger partial charge is 0.491 e. The van der Waals surface area contributed by atoms with Crippen LogP contribution >= 0.6 is 11.6 Å². The van der Waals surface area contributed by atoms with Crippen LogP contribution in [0, 0.1) is 0 Å². The highest BCUT2D eigenvalue weighted by atomic mass is 35.5. The highest BCUT2D eigenvalue weighted by Crippen LogP contribution is 2.32. The van der Waals surface area contributed by atoms with E-state index in [0.29, 0.717) is 23.9 Å². The summed E-state index contributed by atoms with van der Waals surface area (Å²) in [6.07, 6.45) is -3.92. The van der Waals surface area contributed by atoms with Crippen molar-refractivity contribution in [2.24, 2.45) is 0 Å². The molecule has 2 atom stereocenters. The summed E-state index contributed by atoms with van der Waals surface area (Å²) in [5.41, 5.74) is 3.43. The molecule has 3 aromatic carbocycles. The fourth-order valence-corrected chi connectivity index (χ4v) is 3.89. The Morgan fingerprint density at radius 3 is 2.25 bits per heavy atom. The van der Waals surface area contributed by atoms with E-state index in [9.17, 15) is 23.1 Å². The Balaban J connectivity index is 0.000000559. The van der Waals surface area contributed by atoms with Crippen molar-refractivity contribution in [2.45, 2.75) is 31.2 Å². The van der Waals surface area contributed by atoms with Gasteiger partial charge in [-0.25, -0.2) is 9.59 Å². The van der Waals surface area contributed by atoms with Gasteiger partial charge in [-0.1, -0.05) is 29.8 Å². The number of aliphatic hydroxyl groups is 1. The van der Waals surface area contributed by atoms with E-state index in [1.54, 1.807) is 36.4 Å². The van der Waals surface area contributed by atoms with Crippen LogP contribution in [0.4, 0.5) is 13.2 Å². The monoisotopic (exact) mass is 581 g/mol. The van der Waals surface area contributed by atoms with Crippen LogP contribution in [0.15, 0.2) is 66.7 Å². The van der Waals surface area contributed by atoms with Crippen molar-refractivity contribution in [3.05, 3.63) is 82.9 Å². The minimum atomic E-state index is -5.08. The second kappa shape index (κ2) is 14.0. The van der Waals surface area contributed by atoms with Gasteiger partial charge in [-0.2, -0.15) is 13.2 Å². The van der Waals surface area contributed by atoms with Gasteiger partial charge in [0.15, 0.2) is 0 Å². The van der Waals surface area contributed by atoms with Gasteiger partial charge in [-0.3, -0.25) is 0 Å². The van der Waals surface area contributed by atoms with E-state index in [1.165, 1.54) is 0 Å². The van der Waals surface area contributed by atoms with Crippen molar-refractivity contribution in [1.82, 2.24) is 5.32 Å². The highest BCUT2D eigenvalue weighted by Gasteiger charge is 2.38. The lowest BCUT2D eigenvalue weighted by atomic mass is 9.96. The SMILES string of the molecule is O=C(O)C(F)(F)F.O=C(O)c1ccc(-c2ccc3c(c2)CC[C@H](CNCC(O)COc2ccc(Cl)cc2)O3)cc1. The highest BCUT2D eigenvalue weighted by molar-refractivity contribution is 6.30. The predicted octanol–water partition coefficient (Wildman–Crippen LogP) is 5.06. The number of benzene rings is 3. The Hall–Kier alpha value is -3.80. The molecule has 8 nitrogen and oxygen atoms in total. The van der Waals surface area contributed by atoms with Gasteiger partial charge in [0.1, 0.15) is 30.3 Å². The first-order valence-corrected chi connectivity index (χ1v) is 12.5. The molecule has 1 aliphatic heterocycles. The minimum Gasteiger partial charge on any atom is -0.491 e. The molecule has 0 saturated heterocycles. The lowest BCUT2D eigenvalue weighted by Crippen LogP contribution is -2.39. The average Bonchev–Trinajstić information content (AvgIpc) is 2.92. The number of fused-ring (bicyclic) bond motifs is 1. The molecule has 0 aromatic heterocycles. The maximum absolute atomic E-state index is 11.0. The van der Waals surface area contributed by atoms with Gasteiger partial charge >= 0.3 is 18.1 Å². The van der Waals surface area contributed by atoms with Crippen molar-refractivity contribution in [2.75, 3.05) is 19.7 Å². The van der Waals surface area contributed by atoms with E-state index in [0.717, 1.165) is 35.3 Å². The van der Waals surface area contributed by atoms with Gasteiger partial charge in [0.05, 0.1) is 5.56 Å². The van der Waals surface area contributed by atoms with E-state index in [1.807, 2.05) is 24.3 Å². The van der Waals surface area contributed by atoms with Crippen LogP contribution < -0.4 is 14.8 Å². The van der Waals surface area contributed by atoms with Gasteiger partial charge in [-0.05, 0) is 78.1 Å². The number of carboxylic acid groups (broad SMARTS) is 2. The number of nitrogens with one attached hydrogen (secondary N) is 1. The molecule has 0 amide bonds. The van der Waals surface area contributed by atoms with Crippen molar-refractivity contribution < 1.29 is 47.6 Å². The zero-order valence-electron chi connectivity index (χ0n) is 21.0. The molecule has 0 saturated carbocycles. The van der Waals surface area contributed by atoms with E-state index in [2.05, 4.69) is 11.4 Å². The molecule has 4 N–H and O–H groups in total. The Bertz CT molecular complexity index is 1280. The predicted molar refractivity (Wildman–Crippen MR) is 141 cm³/mol. The summed E-state index contributed by atoms with van der Waals surface area (Å²) in [6, 6.07) is 20.0. The molecule has 0 bridgehead atoms. The zero-order chi connectivity index (χ0) is 29.3. The number of carbonyl (C=O) groups is 2. The first-order valence-electron chi connectivity index (χ1n) is 12.1. The van der Waals surface area contributed by atoms with Gasteiger partial charge in [-0.15, -0.1) is 0 Å². The topological polar surface area (TPSA) is 125 Å². The third-order valence-electron chi connectivity index (χ3n) is 5.81. The van der Waals surface area contributed by atoms with Crippen molar-refractivity contribution >= 4 is 23.5 Å². The van der Waals surface area contributed by atoms with E-state index >= 15 is 0 Å². The summed E-state index contributed by atoms with van der Waals surface area (Å²) in [6.45, 7) is 1.24. The van der Waals surface area contributed by atoms with Crippen molar-refractivity contribution in [1.29, 1.82) is 0 Å². The number of hydrogen-bond acceptors (Lipinski definition) is 6. The van der Waals surface area contributed by atoms with E-state index in [-0.39, 0.29) is 18.3 Å². The maximum Gasteiger partial charge on any atom is 0.490 e. The number of rotatable bonds is 9. The minimum absolute atomic E-state index is 0.0302. The molecule has 12 heteroatoms. The van der Waals surface area contributed by atoms with E-state index in [4.69, 9.17) is 36.1 Å². The third kappa shape index (κ3) is 9.44. The quantitative estimate of drug-likeness (QED) is 0.276. The number of ether oxygens (including phenoxy) is 2. The average molecular weight is 582 g/mol. The molecule has 3 aromatic rings. The van der Waals surface area contributed by atoms with Crippen LogP contribution in [-0.2, 0) is 11.2 Å². The lowest BCUT2D eigenvalue weighted by molar-refractivity contribution is -0.192. The Labute approximate surface area is 232 Å². The number of hydrogen-bond donors (Lipinski definition) is 4. The van der Waals surface area contributed by atoms with Gasteiger partial charge in [0.2, 0.25) is 0 Å². The number of alkyl halides is 3. The van der Waals surface area contributed by atoms with Crippen LogP contribution in [0.3, 0.4) is 0 Å². The normalized spacial score (nSPS) is 15.1. The van der Waals surface area contributed by atoms with Gasteiger partial charge in [0, 0.05) is 18.1 Å².